The molecule has 2 heterocycles. The standard InChI is InChI=1S/C22H24N2O3S/c1-23(19-11-14-28(26,27)15-12-19)22(25)20-9-5-8-18-10-13-24(21(18)20)16-17-6-3-2-4-7-17/h2-10,13,19H,11-12,14-16H2,1H3. The topological polar surface area (TPSA) is 59.4 Å². The second-order valence-corrected chi connectivity index (χ2v) is 9.78. The molecule has 0 aliphatic carbocycles. The lowest BCUT2D eigenvalue weighted by molar-refractivity contribution is 0.0723. The predicted molar refractivity (Wildman–Crippen MR) is 111 cm³/mol. The minimum Gasteiger partial charge on any atom is -0.342 e. The van der Waals surface area contributed by atoms with Crippen LogP contribution in [0.2, 0.25) is 0 Å². The van der Waals surface area contributed by atoms with E-state index in [-0.39, 0.29) is 23.5 Å². The van der Waals surface area contributed by atoms with E-state index in [0.29, 0.717) is 24.9 Å². The summed E-state index contributed by atoms with van der Waals surface area (Å²) in [7, 11) is -1.16. The Morgan fingerprint density at radius 3 is 2.46 bits per heavy atom. The third-order valence-corrected chi connectivity index (χ3v) is 7.32. The average molecular weight is 397 g/mol. The number of benzene rings is 2. The van der Waals surface area contributed by atoms with Crippen LogP contribution in [0.25, 0.3) is 10.9 Å². The van der Waals surface area contributed by atoms with Gasteiger partial charge in [-0.1, -0.05) is 42.5 Å². The molecule has 1 aromatic heterocycles. The molecule has 3 aromatic rings. The van der Waals surface area contributed by atoms with Gasteiger partial charge in [-0.2, -0.15) is 0 Å². The van der Waals surface area contributed by atoms with Crippen LogP contribution in [0.15, 0.2) is 60.8 Å². The van der Waals surface area contributed by atoms with Crippen molar-refractivity contribution in [2.75, 3.05) is 18.6 Å². The van der Waals surface area contributed by atoms with Gasteiger partial charge in [0.15, 0.2) is 0 Å². The largest absolute Gasteiger partial charge is 0.342 e. The van der Waals surface area contributed by atoms with E-state index in [0.717, 1.165) is 10.9 Å². The molecule has 0 atom stereocenters. The normalized spacial score (nSPS) is 16.9. The van der Waals surface area contributed by atoms with Gasteiger partial charge in [0.25, 0.3) is 5.91 Å². The second-order valence-electron chi connectivity index (χ2n) is 7.47. The van der Waals surface area contributed by atoms with Crippen molar-refractivity contribution >= 4 is 26.6 Å². The van der Waals surface area contributed by atoms with Crippen molar-refractivity contribution in [1.29, 1.82) is 0 Å². The molecule has 0 radical (unpaired) electrons. The molecule has 2 aromatic carbocycles. The molecule has 4 rings (SSSR count). The van der Waals surface area contributed by atoms with Gasteiger partial charge >= 0.3 is 0 Å². The zero-order valence-corrected chi connectivity index (χ0v) is 16.7. The zero-order chi connectivity index (χ0) is 19.7. The summed E-state index contributed by atoms with van der Waals surface area (Å²) in [6, 6.07) is 17.9. The van der Waals surface area contributed by atoms with E-state index in [2.05, 4.69) is 16.7 Å². The summed E-state index contributed by atoms with van der Waals surface area (Å²) in [6.45, 7) is 0.694. The van der Waals surface area contributed by atoms with Crippen LogP contribution in [0.4, 0.5) is 0 Å². The van der Waals surface area contributed by atoms with E-state index in [4.69, 9.17) is 0 Å². The molecule has 1 saturated heterocycles. The summed E-state index contributed by atoms with van der Waals surface area (Å²) in [5, 5.41) is 1.03. The SMILES string of the molecule is CN(C(=O)c1cccc2ccn(Cc3ccccc3)c12)C1CCS(=O)(=O)CC1. The third-order valence-electron chi connectivity index (χ3n) is 5.61. The Morgan fingerprint density at radius 2 is 1.75 bits per heavy atom. The number of aromatic nitrogens is 1. The second kappa shape index (κ2) is 7.43. The van der Waals surface area contributed by atoms with Gasteiger partial charge in [0.1, 0.15) is 9.84 Å². The summed E-state index contributed by atoms with van der Waals surface area (Å²) < 4.78 is 25.5. The highest BCUT2D eigenvalue weighted by Crippen LogP contribution is 2.25. The van der Waals surface area contributed by atoms with E-state index in [1.54, 1.807) is 11.9 Å². The molecule has 0 bridgehead atoms. The van der Waals surface area contributed by atoms with E-state index in [9.17, 15) is 13.2 Å². The molecule has 28 heavy (non-hydrogen) atoms. The van der Waals surface area contributed by atoms with Crippen LogP contribution in [0, 0.1) is 0 Å². The summed E-state index contributed by atoms with van der Waals surface area (Å²) in [5.74, 6) is 0.260. The molecule has 1 fully saturated rings. The molecule has 146 valence electrons. The Kier molecular flexibility index (Phi) is 4.98. The maximum absolute atomic E-state index is 13.3. The third kappa shape index (κ3) is 3.69. The monoisotopic (exact) mass is 396 g/mol. The van der Waals surface area contributed by atoms with Crippen LogP contribution in [-0.4, -0.2) is 48.4 Å². The lowest BCUT2D eigenvalue weighted by Crippen LogP contribution is -2.42. The van der Waals surface area contributed by atoms with Crippen LogP contribution in [-0.2, 0) is 16.4 Å². The van der Waals surface area contributed by atoms with Crippen molar-refractivity contribution < 1.29 is 13.2 Å². The Morgan fingerprint density at radius 1 is 1.04 bits per heavy atom. The van der Waals surface area contributed by atoms with Crippen LogP contribution in [0.1, 0.15) is 28.8 Å². The number of fused-ring (bicyclic) bond motifs is 1. The number of hydrogen-bond donors (Lipinski definition) is 0. The number of rotatable bonds is 4. The van der Waals surface area contributed by atoms with Crippen molar-refractivity contribution in [3.05, 3.63) is 71.9 Å². The number of carbonyl (C=O) groups is 1. The lowest BCUT2D eigenvalue weighted by atomic mass is 10.1. The summed E-state index contributed by atoms with van der Waals surface area (Å²) in [6.07, 6.45) is 3.03. The number of amides is 1. The van der Waals surface area contributed by atoms with Gasteiger partial charge in [-0.05, 0) is 30.5 Å². The van der Waals surface area contributed by atoms with Gasteiger partial charge in [-0.15, -0.1) is 0 Å². The molecule has 0 unspecified atom stereocenters. The quantitative estimate of drug-likeness (QED) is 0.680. The highest BCUT2D eigenvalue weighted by atomic mass is 32.2. The number of sulfone groups is 1. The van der Waals surface area contributed by atoms with E-state index >= 15 is 0 Å². The lowest BCUT2D eigenvalue weighted by Gasteiger charge is -2.31. The number of para-hydroxylation sites is 1. The van der Waals surface area contributed by atoms with Crippen LogP contribution in [0.3, 0.4) is 0 Å². The Hall–Kier alpha value is -2.60. The summed E-state index contributed by atoms with van der Waals surface area (Å²) in [5.41, 5.74) is 2.76. The molecule has 1 amide bonds. The minimum absolute atomic E-state index is 0.0381. The molecule has 6 heteroatoms. The molecule has 0 N–H and O–H groups in total. The van der Waals surface area contributed by atoms with Gasteiger partial charge in [0.05, 0.1) is 22.6 Å². The highest BCUT2D eigenvalue weighted by molar-refractivity contribution is 7.91. The molecular formula is C22H24N2O3S. The average Bonchev–Trinajstić information content (AvgIpc) is 3.11. The smallest absolute Gasteiger partial charge is 0.255 e. The first kappa shape index (κ1) is 18.7. The van der Waals surface area contributed by atoms with Gasteiger partial charge in [0.2, 0.25) is 0 Å². The van der Waals surface area contributed by atoms with Gasteiger partial charge < -0.3 is 9.47 Å². The molecular weight excluding hydrogens is 372 g/mol. The first-order valence-corrected chi connectivity index (χ1v) is 11.4. The van der Waals surface area contributed by atoms with Gasteiger partial charge in [0, 0.05) is 31.2 Å². The fourth-order valence-corrected chi connectivity index (χ4v) is 5.43. The zero-order valence-electron chi connectivity index (χ0n) is 15.9. The highest BCUT2D eigenvalue weighted by Gasteiger charge is 2.29. The van der Waals surface area contributed by atoms with E-state index in [1.807, 2.05) is 48.7 Å². The van der Waals surface area contributed by atoms with Crippen LogP contribution in [0.5, 0.6) is 0 Å². The predicted octanol–water partition coefficient (Wildman–Crippen LogP) is 3.34. The first-order chi connectivity index (χ1) is 13.4. The number of hydrogen-bond acceptors (Lipinski definition) is 3. The Balaban J connectivity index is 1.64. The fourth-order valence-electron chi connectivity index (χ4n) is 3.97. The van der Waals surface area contributed by atoms with Crippen molar-refractivity contribution in [3.63, 3.8) is 0 Å². The summed E-state index contributed by atoms with van der Waals surface area (Å²) in [4.78, 5) is 15.0. The molecule has 0 spiro atoms. The maximum Gasteiger partial charge on any atom is 0.255 e. The Bertz CT molecular complexity index is 1090. The van der Waals surface area contributed by atoms with Crippen molar-refractivity contribution in [1.82, 2.24) is 9.47 Å². The molecule has 1 aliphatic rings. The van der Waals surface area contributed by atoms with Crippen LogP contribution < -0.4 is 0 Å². The van der Waals surface area contributed by atoms with Gasteiger partial charge in [-0.25, -0.2) is 8.42 Å². The van der Waals surface area contributed by atoms with Crippen molar-refractivity contribution in [2.24, 2.45) is 0 Å². The number of nitrogens with zero attached hydrogens (tertiary/aromatic N) is 2. The molecule has 1 aliphatic heterocycles. The Labute approximate surface area is 165 Å². The van der Waals surface area contributed by atoms with E-state index in [1.165, 1.54) is 5.56 Å². The van der Waals surface area contributed by atoms with E-state index < -0.39 is 9.84 Å². The fraction of sp³-hybridized carbons (Fsp3) is 0.318. The summed E-state index contributed by atoms with van der Waals surface area (Å²) >= 11 is 0. The van der Waals surface area contributed by atoms with Gasteiger partial charge in [-0.3, -0.25) is 4.79 Å². The first-order valence-electron chi connectivity index (χ1n) is 9.54. The maximum atomic E-state index is 13.3. The van der Waals surface area contributed by atoms with Crippen molar-refractivity contribution in [2.45, 2.75) is 25.4 Å². The number of carbonyl (C=O) groups excluding carboxylic acids is 1. The molecule has 0 saturated carbocycles. The van der Waals surface area contributed by atoms with Crippen LogP contribution >= 0.6 is 0 Å². The van der Waals surface area contributed by atoms with Crippen molar-refractivity contribution in [3.8, 4) is 0 Å². The minimum atomic E-state index is -2.95. The molecule has 5 nitrogen and oxygen atoms in total.